The molecule has 0 radical (unpaired) electrons. The summed E-state index contributed by atoms with van der Waals surface area (Å²) >= 11 is 0. The van der Waals surface area contributed by atoms with Gasteiger partial charge in [-0.1, -0.05) is 0 Å². The Labute approximate surface area is 137 Å². The molecule has 23 heavy (non-hydrogen) atoms. The van der Waals surface area contributed by atoms with Crippen molar-refractivity contribution in [3.05, 3.63) is 23.8 Å². The number of piperidine rings is 1. The van der Waals surface area contributed by atoms with Gasteiger partial charge >= 0.3 is 0 Å². The molecule has 0 unspecified atom stereocenters. The number of hydrogen-bond acceptors (Lipinski definition) is 4. The Hall–Kier alpha value is -1.40. The molecule has 2 fully saturated rings. The summed E-state index contributed by atoms with van der Waals surface area (Å²) in [5, 5.41) is 2.78. The zero-order chi connectivity index (χ0) is 16.4. The van der Waals surface area contributed by atoms with Crippen LogP contribution in [0, 0.1) is 11.6 Å². The van der Waals surface area contributed by atoms with E-state index in [1.165, 1.54) is 12.1 Å². The van der Waals surface area contributed by atoms with Crippen LogP contribution < -0.4 is 10.2 Å². The number of piperazine rings is 1. The van der Waals surface area contributed by atoms with Crippen molar-refractivity contribution in [2.45, 2.75) is 18.9 Å². The van der Waals surface area contributed by atoms with Gasteiger partial charge in [-0.05, 0) is 32.0 Å². The van der Waals surface area contributed by atoms with Crippen LogP contribution in [0.25, 0.3) is 0 Å². The predicted molar refractivity (Wildman–Crippen MR) is 90.2 cm³/mol. The highest BCUT2D eigenvalue weighted by molar-refractivity contribution is 5.57. The maximum Gasteiger partial charge on any atom is 0.151 e. The highest BCUT2D eigenvalue weighted by Crippen LogP contribution is 2.30. The van der Waals surface area contributed by atoms with E-state index in [1.807, 2.05) is 4.90 Å². The molecule has 6 heteroatoms. The summed E-state index contributed by atoms with van der Waals surface area (Å²) in [5.41, 5.74) is 0.594. The van der Waals surface area contributed by atoms with Gasteiger partial charge in [-0.3, -0.25) is 4.90 Å². The van der Waals surface area contributed by atoms with Crippen molar-refractivity contribution in [1.82, 2.24) is 9.80 Å². The molecule has 0 spiro atoms. The summed E-state index contributed by atoms with van der Waals surface area (Å²) < 4.78 is 28.5. The minimum Gasteiger partial charge on any atom is -0.388 e. The summed E-state index contributed by atoms with van der Waals surface area (Å²) in [6.45, 7) is 5.83. The second-order valence-electron chi connectivity index (χ2n) is 6.60. The van der Waals surface area contributed by atoms with Gasteiger partial charge in [0.2, 0.25) is 0 Å². The molecule has 0 amide bonds. The van der Waals surface area contributed by atoms with Gasteiger partial charge < -0.3 is 15.1 Å². The average Bonchev–Trinajstić information content (AvgIpc) is 2.55. The largest absolute Gasteiger partial charge is 0.388 e. The highest BCUT2D eigenvalue weighted by atomic mass is 19.1. The van der Waals surface area contributed by atoms with Crippen molar-refractivity contribution in [2.75, 3.05) is 63.6 Å². The summed E-state index contributed by atoms with van der Waals surface area (Å²) in [7, 11) is 3.82. The minimum absolute atomic E-state index is 0.126. The fraction of sp³-hybridized carbons (Fsp3) is 0.647. The number of benzene rings is 1. The van der Waals surface area contributed by atoms with Gasteiger partial charge in [-0.25, -0.2) is 8.78 Å². The lowest BCUT2D eigenvalue weighted by atomic mass is 10.0. The van der Waals surface area contributed by atoms with Crippen LogP contribution in [0.5, 0.6) is 0 Å². The maximum atomic E-state index is 14.2. The smallest absolute Gasteiger partial charge is 0.151 e. The molecule has 1 aromatic carbocycles. The summed E-state index contributed by atoms with van der Waals surface area (Å²) in [4.78, 5) is 6.74. The first kappa shape index (κ1) is 16.5. The number of rotatable bonds is 3. The van der Waals surface area contributed by atoms with E-state index >= 15 is 0 Å². The molecule has 0 bridgehead atoms. The van der Waals surface area contributed by atoms with Gasteiger partial charge in [0, 0.05) is 58.0 Å². The molecule has 2 aliphatic heterocycles. The zero-order valence-corrected chi connectivity index (χ0v) is 14.0. The third kappa shape index (κ3) is 3.58. The van der Waals surface area contributed by atoms with Crippen molar-refractivity contribution in [1.29, 1.82) is 0 Å². The molecule has 0 saturated carbocycles. The molecular formula is C17H26F2N4. The van der Waals surface area contributed by atoms with Crippen molar-refractivity contribution in [2.24, 2.45) is 0 Å². The quantitative estimate of drug-likeness (QED) is 0.920. The molecule has 1 aromatic rings. The Balaban J connectivity index is 1.63. The normalized spacial score (nSPS) is 21.7. The van der Waals surface area contributed by atoms with Gasteiger partial charge in [0.25, 0.3) is 0 Å². The van der Waals surface area contributed by atoms with Crippen LogP contribution in [0.2, 0.25) is 0 Å². The van der Waals surface area contributed by atoms with Crippen molar-refractivity contribution in [3.8, 4) is 0 Å². The van der Waals surface area contributed by atoms with Gasteiger partial charge in [0.05, 0.1) is 0 Å². The van der Waals surface area contributed by atoms with Crippen molar-refractivity contribution in [3.63, 3.8) is 0 Å². The molecule has 128 valence electrons. The van der Waals surface area contributed by atoms with Gasteiger partial charge in [0.15, 0.2) is 11.6 Å². The second kappa shape index (κ2) is 7.01. The molecule has 2 aliphatic rings. The average molecular weight is 324 g/mol. The number of nitrogens with zero attached hydrogens (tertiary/aromatic N) is 3. The van der Waals surface area contributed by atoms with Crippen LogP contribution in [0.15, 0.2) is 12.1 Å². The van der Waals surface area contributed by atoms with Crippen LogP contribution in [-0.4, -0.2) is 69.2 Å². The number of halogens is 2. The Kier molecular flexibility index (Phi) is 5.02. The fourth-order valence-electron chi connectivity index (χ4n) is 3.65. The van der Waals surface area contributed by atoms with Gasteiger partial charge in [-0.15, -0.1) is 0 Å². The van der Waals surface area contributed by atoms with Crippen LogP contribution in [0.4, 0.5) is 20.2 Å². The first-order valence-corrected chi connectivity index (χ1v) is 8.43. The molecule has 2 saturated heterocycles. The van der Waals surface area contributed by atoms with Crippen LogP contribution in [-0.2, 0) is 0 Å². The third-order valence-electron chi connectivity index (χ3n) is 5.14. The van der Waals surface area contributed by atoms with E-state index in [4.69, 9.17) is 0 Å². The number of hydrogen-bond donors (Lipinski definition) is 1. The lowest BCUT2D eigenvalue weighted by molar-refractivity contribution is 0.0980. The zero-order valence-electron chi connectivity index (χ0n) is 14.0. The van der Waals surface area contributed by atoms with Crippen LogP contribution in [0.1, 0.15) is 12.8 Å². The summed E-state index contributed by atoms with van der Waals surface area (Å²) in [6, 6.07) is 3.28. The minimum atomic E-state index is -0.479. The SMILES string of the molecule is CNc1cc(F)c(N2CCC(N3CCN(C)CC3)CC2)c(F)c1. The number of anilines is 2. The Morgan fingerprint density at radius 3 is 2.04 bits per heavy atom. The topological polar surface area (TPSA) is 21.8 Å². The molecule has 0 aromatic heterocycles. The van der Waals surface area contributed by atoms with Gasteiger partial charge in [-0.2, -0.15) is 0 Å². The molecule has 1 N–H and O–H groups in total. The molecule has 4 nitrogen and oxygen atoms in total. The lowest BCUT2D eigenvalue weighted by Gasteiger charge is -2.42. The molecule has 0 atom stereocenters. The van der Waals surface area contributed by atoms with Crippen LogP contribution in [0.3, 0.4) is 0 Å². The Morgan fingerprint density at radius 1 is 0.957 bits per heavy atom. The van der Waals surface area contributed by atoms with E-state index in [0.717, 1.165) is 39.0 Å². The maximum absolute atomic E-state index is 14.2. The third-order valence-corrected chi connectivity index (χ3v) is 5.14. The molecule has 2 heterocycles. The van der Waals surface area contributed by atoms with Gasteiger partial charge in [0.1, 0.15) is 5.69 Å². The molecule has 0 aliphatic carbocycles. The molecular weight excluding hydrogens is 298 g/mol. The number of nitrogens with one attached hydrogen (secondary N) is 1. The number of likely N-dealkylation sites (N-methyl/N-ethyl adjacent to an activating group) is 1. The highest BCUT2D eigenvalue weighted by Gasteiger charge is 2.28. The fourth-order valence-corrected chi connectivity index (χ4v) is 3.65. The summed E-state index contributed by atoms with van der Waals surface area (Å²) in [5.74, 6) is -0.959. The first-order valence-electron chi connectivity index (χ1n) is 8.43. The standard InChI is InChI=1S/C17H26F2N4/c1-20-13-11-15(18)17(16(19)12-13)23-5-3-14(4-6-23)22-9-7-21(2)8-10-22/h11-12,14,20H,3-10H2,1-2H3. The Morgan fingerprint density at radius 2 is 1.52 bits per heavy atom. The van der Waals surface area contributed by atoms with E-state index in [1.54, 1.807) is 7.05 Å². The Bertz CT molecular complexity index is 512. The van der Waals surface area contributed by atoms with E-state index in [9.17, 15) is 8.78 Å². The van der Waals surface area contributed by atoms with E-state index in [-0.39, 0.29) is 5.69 Å². The van der Waals surface area contributed by atoms with E-state index < -0.39 is 11.6 Å². The monoisotopic (exact) mass is 324 g/mol. The second-order valence-corrected chi connectivity index (χ2v) is 6.60. The summed E-state index contributed by atoms with van der Waals surface area (Å²) in [6.07, 6.45) is 1.94. The van der Waals surface area contributed by atoms with Crippen LogP contribution >= 0.6 is 0 Å². The van der Waals surface area contributed by atoms with Crippen molar-refractivity contribution < 1.29 is 8.78 Å². The van der Waals surface area contributed by atoms with E-state index in [2.05, 4.69) is 22.2 Å². The van der Waals surface area contributed by atoms with Crippen molar-refractivity contribution >= 4 is 11.4 Å². The lowest BCUT2D eigenvalue weighted by Crippen LogP contribution is -2.52. The van der Waals surface area contributed by atoms with E-state index in [0.29, 0.717) is 24.8 Å². The molecule has 3 rings (SSSR count). The predicted octanol–water partition coefficient (Wildman–Crippen LogP) is 2.22. The first-order chi connectivity index (χ1) is 11.1.